The molecule has 0 bridgehead atoms. The van der Waals surface area contributed by atoms with Crippen LogP contribution in [0.2, 0.25) is 0 Å². The van der Waals surface area contributed by atoms with Gasteiger partial charge in [0.2, 0.25) is 10.0 Å². The maximum absolute atomic E-state index is 13.2. The molecule has 0 aliphatic carbocycles. The Balaban J connectivity index is 2.06. The van der Waals surface area contributed by atoms with Crippen LogP contribution in [0.25, 0.3) is 0 Å². The zero-order chi connectivity index (χ0) is 16.6. The molecule has 0 saturated heterocycles. The molecule has 1 atom stereocenters. The van der Waals surface area contributed by atoms with Crippen LogP contribution in [0.4, 0.5) is 0 Å². The standard InChI is InChI=1S/C16H19NO4S2/c1-11-13-7-9-22-15(13)6-8-17(11)23(18,19)16-10-12(20-2)4-5-14(16)21-3/h4-5,7,9-11H,6,8H2,1-3H3/t11-/m0/s1. The number of hydrogen-bond acceptors (Lipinski definition) is 5. The van der Waals surface area contributed by atoms with Crippen LogP contribution in [0.1, 0.15) is 23.4 Å². The number of thiophene rings is 1. The number of sulfonamides is 1. The van der Waals surface area contributed by atoms with E-state index in [4.69, 9.17) is 9.47 Å². The van der Waals surface area contributed by atoms with Gasteiger partial charge < -0.3 is 9.47 Å². The predicted molar refractivity (Wildman–Crippen MR) is 89.9 cm³/mol. The molecule has 0 N–H and O–H groups in total. The lowest BCUT2D eigenvalue weighted by Gasteiger charge is -2.33. The molecule has 0 fully saturated rings. The van der Waals surface area contributed by atoms with E-state index in [9.17, 15) is 8.42 Å². The average Bonchev–Trinajstić information content (AvgIpc) is 3.03. The Morgan fingerprint density at radius 2 is 2.00 bits per heavy atom. The summed E-state index contributed by atoms with van der Waals surface area (Å²) in [5.74, 6) is 0.819. The number of hydrogen-bond donors (Lipinski definition) is 0. The van der Waals surface area contributed by atoms with E-state index in [0.717, 1.165) is 12.0 Å². The zero-order valence-corrected chi connectivity index (χ0v) is 14.9. The molecule has 0 radical (unpaired) electrons. The number of benzene rings is 1. The van der Waals surface area contributed by atoms with Crippen molar-refractivity contribution in [1.29, 1.82) is 0 Å². The molecular formula is C16H19NO4S2. The number of rotatable bonds is 4. The first-order valence-electron chi connectivity index (χ1n) is 7.29. The van der Waals surface area contributed by atoms with Gasteiger partial charge in [-0.3, -0.25) is 0 Å². The molecule has 1 aromatic heterocycles. The lowest BCUT2D eigenvalue weighted by Crippen LogP contribution is -2.38. The van der Waals surface area contributed by atoms with Crippen molar-refractivity contribution in [3.8, 4) is 11.5 Å². The van der Waals surface area contributed by atoms with Crippen molar-refractivity contribution in [1.82, 2.24) is 4.31 Å². The molecule has 2 heterocycles. The third kappa shape index (κ3) is 2.73. The largest absolute Gasteiger partial charge is 0.497 e. The van der Waals surface area contributed by atoms with Crippen LogP contribution in [0.3, 0.4) is 0 Å². The second-order valence-electron chi connectivity index (χ2n) is 5.36. The number of fused-ring (bicyclic) bond motifs is 1. The van der Waals surface area contributed by atoms with E-state index >= 15 is 0 Å². The summed E-state index contributed by atoms with van der Waals surface area (Å²) in [4.78, 5) is 1.41. The SMILES string of the molecule is COc1ccc(OC)c(S(=O)(=O)N2CCc3sccc3[C@@H]2C)c1. The van der Waals surface area contributed by atoms with Crippen molar-refractivity contribution in [2.45, 2.75) is 24.3 Å². The van der Waals surface area contributed by atoms with Gasteiger partial charge in [0.1, 0.15) is 16.4 Å². The van der Waals surface area contributed by atoms with E-state index < -0.39 is 10.0 Å². The molecule has 2 aromatic rings. The van der Waals surface area contributed by atoms with E-state index in [2.05, 4.69) is 0 Å². The molecule has 7 heteroatoms. The van der Waals surface area contributed by atoms with Crippen molar-refractivity contribution in [3.05, 3.63) is 40.1 Å². The summed E-state index contributed by atoms with van der Waals surface area (Å²) in [5, 5.41) is 2.02. The first kappa shape index (κ1) is 16.3. The van der Waals surface area contributed by atoms with Crippen LogP contribution in [-0.2, 0) is 16.4 Å². The maximum Gasteiger partial charge on any atom is 0.247 e. The molecule has 1 aliphatic heterocycles. The Labute approximate surface area is 140 Å². The van der Waals surface area contributed by atoms with E-state index in [1.165, 1.54) is 25.2 Å². The number of methoxy groups -OCH3 is 2. The molecule has 0 spiro atoms. The summed E-state index contributed by atoms with van der Waals surface area (Å²) in [5.41, 5.74) is 1.09. The van der Waals surface area contributed by atoms with E-state index in [0.29, 0.717) is 18.0 Å². The third-order valence-corrected chi connectivity index (χ3v) is 7.17. The van der Waals surface area contributed by atoms with Gasteiger partial charge in [0.15, 0.2) is 0 Å². The minimum atomic E-state index is -3.67. The lowest BCUT2D eigenvalue weighted by molar-refractivity contribution is 0.325. The fraction of sp³-hybridized carbons (Fsp3) is 0.375. The summed E-state index contributed by atoms with van der Waals surface area (Å²) in [6.07, 6.45) is 0.739. The van der Waals surface area contributed by atoms with Gasteiger partial charge in [0.05, 0.1) is 14.2 Å². The van der Waals surface area contributed by atoms with E-state index in [1.54, 1.807) is 27.8 Å². The van der Waals surface area contributed by atoms with Gasteiger partial charge in [-0.15, -0.1) is 11.3 Å². The van der Waals surface area contributed by atoms with Gasteiger partial charge >= 0.3 is 0 Å². The molecule has 124 valence electrons. The highest BCUT2D eigenvalue weighted by atomic mass is 32.2. The Hall–Kier alpha value is -1.57. The van der Waals surface area contributed by atoms with Crippen LogP contribution < -0.4 is 9.47 Å². The van der Waals surface area contributed by atoms with Crippen LogP contribution in [0.15, 0.2) is 34.5 Å². The zero-order valence-electron chi connectivity index (χ0n) is 13.3. The van der Waals surface area contributed by atoms with E-state index in [1.807, 2.05) is 18.4 Å². The summed E-state index contributed by atoms with van der Waals surface area (Å²) in [6, 6.07) is 6.65. The molecule has 23 heavy (non-hydrogen) atoms. The van der Waals surface area contributed by atoms with Gasteiger partial charge in [-0.25, -0.2) is 8.42 Å². The van der Waals surface area contributed by atoms with E-state index in [-0.39, 0.29) is 10.9 Å². The molecule has 3 rings (SSSR count). The second kappa shape index (κ2) is 6.14. The van der Waals surface area contributed by atoms with Gasteiger partial charge in [-0.2, -0.15) is 4.31 Å². The quantitative estimate of drug-likeness (QED) is 0.848. The fourth-order valence-corrected chi connectivity index (χ4v) is 5.67. The minimum absolute atomic E-state index is 0.143. The molecule has 0 unspecified atom stereocenters. The van der Waals surface area contributed by atoms with Crippen LogP contribution in [0.5, 0.6) is 11.5 Å². The number of ether oxygens (including phenoxy) is 2. The number of nitrogens with zero attached hydrogens (tertiary/aromatic N) is 1. The first-order chi connectivity index (χ1) is 11.0. The average molecular weight is 353 g/mol. The normalized spacial score (nSPS) is 18.5. The Kier molecular flexibility index (Phi) is 4.35. The first-order valence-corrected chi connectivity index (χ1v) is 9.61. The molecule has 0 saturated carbocycles. The lowest BCUT2D eigenvalue weighted by atomic mass is 10.0. The monoisotopic (exact) mass is 353 g/mol. The molecule has 1 aromatic carbocycles. The smallest absolute Gasteiger partial charge is 0.247 e. The van der Waals surface area contributed by atoms with Gasteiger partial charge in [0, 0.05) is 23.5 Å². The summed E-state index contributed by atoms with van der Waals surface area (Å²) in [6.45, 7) is 2.40. The highest BCUT2D eigenvalue weighted by Gasteiger charge is 2.36. The summed E-state index contributed by atoms with van der Waals surface area (Å²) < 4.78 is 38.3. The van der Waals surface area contributed by atoms with Crippen LogP contribution in [0, 0.1) is 0 Å². The van der Waals surface area contributed by atoms with Crippen molar-refractivity contribution in [2.75, 3.05) is 20.8 Å². The van der Waals surface area contributed by atoms with Crippen molar-refractivity contribution in [3.63, 3.8) is 0 Å². The maximum atomic E-state index is 13.2. The van der Waals surface area contributed by atoms with Crippen LogP contribution in [-0.4, -0.2) is 33.5 Å². The highest BCUT2D eigenvalue weighted by Crippen LogP contribution is 2.39. The minimum Gasteiger partial charge on any atom is -0.497 e. The Morgan fingerprint density at radius 1 is 1.22 bits per heavy atom. The summed E-state index contributed by atoms with van der Waals surface area (Å²) in [7, 11) is -0.691. The Bertz CT molecular complexity index is 813. The molecule has 5 nitrogen and oxygen atoms in total. The van der Waals surface area contributed by atoms with Crippen molar-refractivity contribution in [2.24, 2.45) is 0 Å². The highest BCUT2D eigenvalue weighted by molar-refractivity contribution is 7.89. The predicted octanol–water partition coefficient (Wildman–Crippen LogP) is 3.07. The molecule has 0 amide bonds. The molecule has 1 aliphatic rings. The van der Waals surface area contributed by atoms with Gasteiger partial charge in [-0.05, 0) is 42.5 Å². The van der Waals surface area contributed by atoms with Crippen molar-refractivity contribution < 1.29 is 17.9 Å². The topological polar surface area (TPSA) is 55.8 Å². The fourth-order valence-electron chi connectivity index (χ4n) is 2.93. The Morgan fingerprint density at radius 3 is 2.70 bits per heavy atom. The van der Waals surface area contributed by atoms with Gasteiger partial charge in [-0.1, -0.05) is 0 Å². The van der Waals surface area contributed by atoms with Crippen molar-refractivity contribution >= 4 is 21.4 Å². The molecular weight excluding hydrogens is 334 g/mol. The third-order valence-electron chi connectivity index (χ3n) is 4.18. The van der Waals surface area contributed by atoms with Crippen LogP contribution >= 0.6 is 11.3 Å². The van der Waals surface area contributed by atoms with Gasteiger partial charge in [0.25, 0.3) is 0 Å². The summed E-state index contributed by atoms with van der Waals surface area (Å²) >= 11 is 1.69. The second-order valence-corrected chi connectivity index (χ2v) is 8.22.